The van der Waals surface area contributed by atoms with Crippen molar-refractivity contribution >= 4 is 38.7 Å². The van der Waals surface area contributed by atoms with Crippen molar-refractivity contribution in [3.63, 3.8) is 0 Å². The molecule has 0 spiro atoms. The Labute approximate surface area is 138 Å². The molecule has 1 atom stereocenters. The molecule has 1 aliphatic rings. The van der Waals surface area contributed by atoms with Gasteiger partial charge in [0.05, 0.1) is 11.7 Å². The largest absolute Gasteiger partial charge is 0.352 e. The van der Waals surface area contributed by atoms with Crippen LogP contribution >= 0.6 is 11.7 Å². The summed E-state index contributed by atoms with van der Waals surface area (Å²) in [6, 6.07) is 4.16. The van der Waals surface area contributed by atoms with Gasteiger partial charge in [0.25, 0.3) is 0 Å². The molecule has 1 heterocycles. The van der Waals surface area contributed by atoms with Gasteiger partial charge in [-0.1, -0.05) is 19.9 Å². The average molecular weight is 354 g/mol. The van der Waals surface area contributed by atoms with Crippen LogP contribution in [-0.2, 0) is 14.8 Å². The molecule has 2 aromatic rings. The summed E-state index contributed by atoms with van der Waals surface area (Å²) in [5.41, 5.74) is 0.858. The third-order valence-corrected chi connectivity index (χ3v) is 5.71. The molecule has 0 aliphatic heterocycles. The first-order valence-electron chi connectivity index (χ1n) is 7.42. The second kappa shape index (κ2) is 6.14. The topological polar surface area (TPSA) is 101 Å². The van der Waals surface area contributed by atoms with Gasteiger partial charge in [0.1, 0.15) is 22.0 Å². The number of hydrogen-bond donors (Lipinski definition) is 2. The summed E-state index contributed by atoms with van der Waals surface area (Å²) in [5, 5.41) is 2.85. The van der Waals surface area contributed by atoms with Gasteiger partial charge in [-0.15, -0.1) is 0 Å². The fourth-order valence-electron chi connectivity index (χ4n) is 2.24. The highest BCUT2D eigenvalue weighted by molar-refractivity contribution is 7.89. The zero-order chi connectivity index (χ0) is 16.6. The fourth-order valence-corrected chi connectivity index (χ4v) is 4.35. The van der Waals surface area contributed by atoms with E-state index in [1.807, 2.05) is 13.8 Å². The Balaban J connectivity index is 1.88. The molecule has 1 saturated carbocycles. The maximum absolute atomic E-state index is 12.7. The Kier molecular flexibility index (Phi) is 4.35. The molecule has 9 heteroatoms. The lowest BCUT2D eigenvalue weighted by atomic mass is 10.1. The van der Waals surface area contributed by atoms with Gasteiger partial charge in [0, 0.05) is 6.04 Å². The van der Waals surface area contributed by atoms with Gasteiger partial charge in [0.2, 0.25) is 15.9 Å². The summed E-state index contributed by atoms with van der Waals surface area (Å²) >= 11 is 0.960. The van der Waals surface area contributed by atoms with Crippen LogP contribution in [0.15, 0.2) is 23.1 Å². The molecule has 1 amide bonds. The summed E-state index contributed by atoms with van der Waals surface area (Å²) in [5.74, 6) is -0.453. The number of sulfonamides is 1. The van der Waals surface area contributed by atoms with Crippen molar-refractivity contribution in [2.75, 3.05) is 0 Å². The number of aromatic nitrogens is 2. The van der Waals surface area contributed by atoms with E-state index in [9.17, 15) is 13.2 Å². The monoisotopic (exact) mass is 354 g/mol. The van der Waals surface area contributed by atoms with Crippen molar-refractivity contribution in [2.45, 2.75) is 43.7 Å². The van der Waals surface area contributed by atoms with Gasteiger partial charge in [-0.3, -0.25) is 4.79 Å². The number of nitrogens with one attached hydrogen (secondary N) is 2. The predicted octanol–water partition coefficient (Wildman–Crippen LogP) is 1.27. The van der Waals surface area contributed by atoms with Crippen molar-refractivity contribution in [1.29, 1.82) is 0 Å². The van der Waals surface area contributed by atoms with Gasteiger partial charge in [-0.05, 0) is 30.9 Å². The number of carbonyl (C=O) groups excluding carboxylic acids is 1. The van der Waals surface area contributed by atoms with Crippen molar-refractivity contribution in [3.05, 3.63) is 18.2 Å². The van der Waals surface area contributed by atoms with Crippen LogP contribution in [0.1, 0.15) is 26.7 Å². The molecule has 0 bridgehead atoms. The zero-order valence-electron chi connectivity index (χ0n) is 12.8. The van der Waals surface area contributed by atoms with Crippen LogP contribution in [-0.4, -0.2) is 35.2 Å². The molecule has 7 nitrogen and oxygen atoms in total. The van der Waals surface area contributed by atoms with Crippen molar-refractivity contribution < 1.29 is 13.2 Å². The van der Waals surface area contributed by atoms with E-state index in [2.05, 4.69) is 18.8 Å². The average Bonchev–Trinajstić information content (AvgIpc) is 3.16. The Bertz CT molecular complexity index is 827. The lowest BCUT2D eigenvalue weighted by Crippen LogP contribution is -2.50. The lowest BCUT2D eigenvalue weighted by molar-refractivity contribution is -0.123. The van der Waals surface area contributed by atoms with Crippen LogP contribution in [0.4, 0.5) is 0 Å². The molecule has 0 radical (unpaired) electrons. The van der Waals surface area contributed by atoms with E-state index in [4.69, 9.17) is 0 Å². The summed E-state index contributed by atoms with van der Waals surface area (Å²) in [4.78, 5) is 12.3. The van der Waals surface area contributed by atoms with E-state index >= 15 is 0 Å². The highest BCUT2D eigenvalue weighted by Crippen LogP contribution is 2.23. The minimum Gasteiger partial charge on any atom is -0.352 e. The normalized spacial score (nSPS) is 16.7. The fraction of sp³-hybridized carbons (Fsp3) is 0.500. The van der Waals surface area contributed by atoms with Crippen LogP contribution in [0, 0.1) is 5.92 Å². The number of benzene rings is 1. The third-order valence-electron chi connectivity index (χ3n) is 3.69. The highest BCUT2D eigenvalue weighted by Gasteiger charge is 2.33. The van der Waals surface area contributed by atoms with Crippen LogP contribution in [0.3, 0.4) is 0 Å². The van der Waals surface area contributed by atoms with Crippen LogP contribution in [0.25, 0.3) is 11.0 Å². The predicted molar refractivity (Wildman–Crippen MR) is 87.5 cm³/mol. The minimum atomic E-state index is -3.87. The Morgan fingerprint density at radius 1 is 1.30 bits per heavy atom. The van der Waals surface area contributed by atoms with Crippen LogP contribution in [0.2, 0.25) is 0 Å². The lowest BCUT2D eigenvalue weighted by Gasteiger charge is -2.21. The highest BCUT2D eigenvalue weighted by atomic mass is 32.2. The SMILES string of the molecule is CC(C)C(NS(=O)(=O)c1cccc2nsnc12)C(=O)NC1CC1. The van der Waals surface area contributed by atoms with Crippen LogP contribution in [0.5, 0.6) is 0 Å². The number of hydrogen-bond acceptors (Lipinski definition) is 6. The van der Waals surface area contributed by atoms with Crippen molar-refractivity contribution in [2.24, 2.45) is 5.92 Å². The van der Waals surface area contributed by atoms with Gasteiger partial charge in [-0.25, -0.2) is 8.42 Å². The number of nitrogens with zero attached hydrogens (tertiary/aromatic N) is 2. The van der Waals surface area contributed by atoms with Crippen molar-refractivity contribution in [1.82, 2.24) is 18.8 Å². The number of amides is 1. The Morgan fingerprint density at radius 3 is 2.70 bits per heavy atom. The Hall–Kier alpha value is -1.58. The van der Waals surface area contributed by atoms with Crippen LogP contribution < -0.4 is 10.0 Å². The first kappa shape index (κ1) is 16.3. The van der Waals surface area contributed by atoms with E-state index in [1.165, 1.54) is 6.07 Å². The van der Waals surface area contributed by atoms with Gasteiger partial charge < -0.3 is 5.32 Å². The standard InChI is InChI=1S/C14H18N4O3S2/c1-8(2)12(14(19)15-9-6-7-9)18-23(20,21)11-5-3-4-10-13(11)17-22-16-10/h3-5,8-9,12,18H,6-7H2,1-2H3,(H,15,19). The molecular formula is C14H18N4O3S2. The summed E-state index contributed by atoms with van der Waals surface area (Å²) < 4.78 is 36.0. The molecule has 0 saturated heterocycles. The first-order chi connectivity index (χ1) is 10.9. The molecule has 124 valence electrons. The summed E-state index contributed by atoms with van der Waals surface area (Å²) in [6.45, 7) is 3.62. The van der Waals surface area contributed by atoms with Crippen molar-refractivity contribution in [3.8, 4) is 0 Å². The maximum Gasteiger partial charge on any atom is 0.243 e. The molecule has 1 aliphatic carbocycles. The molecule has 2 N–H and O–H groups in total. The molecular weight excluding hydrogens is 336 g/mol. The molecule has 1 unspecified atom stereocenters. The Morgan fingerprint density at radius 2 is 2.04 bits per heavy atom. The van der Waals surface area contributed by atoms with Gasteiger partial charge in [0.15, 0.2) is 0 Å². The van der Waals surface area contributed by atoms with E-state index < -0.39 is 16.1 Å². The van der Waals surface area contributed by atoms with Gasteiger partial charge >= 0.3 is 0 Å². The number of carbonyl (C=O) groups is 1. The van der Waals surface area contributed by atoms with E-state index in [0.717, 1.165) is 24.6 Å². The quantitative estimate of drug-likeness (QED) is 0.813. The van der Waals surface area contributed by atoms with E-state index in [1.54, 1.807) is 12.1 Å². The maximum atomic E-state index is 12.7. The summed E-state index contributed by atoms with van der Waals surface area (Å²) in [7, 11) is -3.87. The summed E-state index contributed by atoms with van der Waals surface area (Å²) in [6.07, 6.45) is 1.90. The number of rotatable bonds is 6. The zero-order valence-corrected chi connectivity index (χ0v) is 14.4. The molecule has 1 fully saturated rings. The van der Waals surface area contributed by atoms with E-state index in [-0.39, 0.29) is 22.8 Å². The van der Waals surface area contributed by atoms with E-state index in [0.29, 0.717) is 11.0 Å². The smallest absolute Gasteiger partial charge is 0.243 e. The second-order valence-corrected chi connectivity index (χ2v) is 8.22. The molecule has 1 aromatic carbocycles. The van der Waals surface area contributed by atoms with Gasteiger partial charge in [-0.2, -0.15) is 13.5 Å². The second-order valence-electron chi connectivity index (χ2n) is 6.01. The molecule has 1 aromatic heterocycles. The third kappa shape index (κ3) is 3.51. The molecule has 3 rings (SSSR count). The molecule has 23 heavy (non-hydrogen) atoms. The number of fused-ring (bicyclic) bond motifs is 1. The first-order valence-corrected chi connectivity index (χ1v) is 9.64. The minimum absolute atomic E-state index is 0.0496.